The van der Waals surface area contributed by atoms with E-state index in [2.05, 4.69) is 33.1 Å². The minimum atomic E-state index is 0.220. The van der Waals surface area contributed by atoms with Crippen molar-refractivity contribution in [2.75, 3.05) is 11.4 Å². The van der Waals surface area contributed by atoms with E-state index in [1.165, 1.54) is 5.56 Å². The fourth-order valence-electron chi connectivity index (χ4n) is 2.28. The number of nitrogens with zero attached hydrogens (tertiary/aromatic N) is 3. The van der Waals surface area contributed by atoms with E-state index in [1.807, 2.05) is 6.07 Å². The summed E-state index contributed by atoms with van der Waals surface area (Å²) in [5.41, 5.74) is 2.47. The molecule has 1 aliphatic heterocycles. The monoisotopic (exact) mass is 279 g/mol. The Kier molecular flexibility index (Phi) is 3.10. The highest BCUT2D eigenvalue weighted by atomic mass is 35.5. The Labute approximate surface area is 115 Å². The molecule has 0 saturated carbocycles. The number of aryl methyl sites for hydroxylation is 1. The van der Waals surface area contributed by atoms with Crippen LogP contribution in [0.5, 0.6) is 0 Å². The lowest BCUT2D eigenvalue weighted by Crippen LogP contribution is -2.25. The minimum absolute atomic E-state index is 0.220. The first-order chi connectivity index (χ1) is 8.75. The molecule has 18 heavy (non-hydrogen) atoms. The summed E-state index contributed by atoms with van der Waals surface area (Å²) in [5.74, 6) is 0.684. The number of hydrogen-bond donors (Lipinski definition) is 0. The first kappa shape index (κ1) is 11.8. The fraction of sp³-hybridized carbons (Fsp3) is 0.231. The molecule has 1 aromatic carbocycles. The van der Waals surface area contributed by atoms with Gasteiger partial charge in [-0.15, -0.1) is 0 Å². The fourth-order valence-corrected chi connectivity index (χ4v) is 2.60. The average molecular weight is 280 g/mol. The van der Waals surface area contributed by atoms with Gasteiger partial charge in [-0.2, -0.15) is 4.98 Å². The summed E-state index contributed by atoms with van der Waals surface area (Å²) < 4.78 is 0. The van der Waals surface area contributed by atoms with Crippen LogP contribution in [-0.4, -0.2) is 16.5 Å². The maximum absolute atomic E-state index is 6.17. The number of anilines is 2. The lowest BCUT2D eigenvalue weighted by atomic mass is 10.0. The van der Waals surface area contributed by atoms with E-state index in [0.29, 0.717) is 10.8 Å². The SMILES string of the molecule is Clc1ncc(Cl)c(N2CCCc3ccccc32)n1. The molecule has 0 bridgehead atoms. The third kappa shape index (κ3) is 2.04. The predicted octanol–water partition coefficient (Wildman–Crippen LogP) is 3.87. The van der Waals surface area contributed by atoms with Gasteiger partial charge in [-0.1, -0.05) is 29.8 Å². The van der Waals surface area contributed by atoms with Gasteiger partial charge in [0, 0.05) is 12.2 Å². The van der Waals surface area contributed by atoms with Crippen LogP contribution in [-0.2, 0) is 6.42 Å². The number of rotatable bonds is 1. The van der Waals surface area contributed by atoms with Crippen LogP contribution in [0, 0.1) is 0 Å². The van der Waals surface area contributed by atoms with Crippen molar-refractivity contribution in [1.82, 2.24) is 9.97 Å². The second-order valence-corrected chi connectivity index (χ2v) is 4.94. The maximum Gasteiger partial charge on any atom is 0.224 e. The summed E-state index contributed by atoms with van der Waals surface area (Å²) in [6.07, 6.45) is 3.71. The number of benzene rings is 1. The summed E-state index contributed by atoms with van der Waals surface area (Å²) in [4.78, 5) is 10.2. The number of hydrogen-bond acceptors (Lipinski definition) is 3. The molecule has 0 radical (unpaired) electrons. The van der Waals surface area contributed by atoms with Gasteiger partial charge in [-0.25, -0.2) is 4.98 Å². The van der Waals surface area contributed by atoms with E-state index in [-0.39, 0.29) is 5.28 Å². The van der Waals surface area contributed by atoms with Crippen molar-refractivity contribution in [3.63, 3.8) is 0 Å². The average Bonchev–Trinajstić information content (AvgIpc) is 2.41. The molecular weight excluding hydrogens is 269 g/mol. The number of fused-ring (bicyclic) bond motifs is 1. The molecule has 2 aromatic rings. The smallest absolute Gasteiger partial charge is 0.224 e. The molecule has 0 saturated heterocycles. The molecule has 0 spiro atoms. The summed E-state index contributed by atoms with van der Waals surface area (Å²) in [7, 11) is 0. The number of para-hydroxylation sites is 1. The Morgan fingerprint density at radius 2 is 2.00 bits per heavy atom. The van der Waals surface area contributed by atoms with Gasteiger partial charge in [0.05, 0.1) is 6.20 Å². The van der Waals surface area contributed by atoms with Crippen LogP contribution >= 0.6 is 23.2 Å². The molecule has 3 nitrogen and oxygen atoms in total. The van der Waals surface area contributed by atoms with Crippen LogP contribution in [0.4, 0.5) is 11.5 Å². The Balaban J connectivity index is 2.11. The van der Waals surface area contributed by atoms with Gasteiger partial charge in [0.25, 0.3) is 0 Å². The topological polar surface area (TPSA) is 29.0 Å². The molecule has 2 heterocycles. The Morgan fingerprint density at radius 3 is 2.89 bits per heavy atom. The number of halogens is 2. The van der Waals surface area contributed by atoms with E-state index in [4.69, 9.17) is 23.2 Å². The lowest BCUT2D eigenvalue weighted by Gasteiger charge is -2.30. The second kappa shape index (κ2) is 4.75. The van der Waals surface area contributed by atoms with E-state index >= 15 is 0 Å². The summed E-state index contributed by atoms with van der Waals surface area (Å²) in [6.45, 7) is 0.893. The van der Waals surface area contributed by atoms with Crippen molar-refractivity contribution >= 4 is 34.7 Å². The predicted molar refractivity (Wildman–Crippen MR) is 73.8 cm³/mol. The third-order valence-electron chi connectivity index (χ3n) is 3.06. The van der Waals surface area contributed by atoms with Crippen LogP contribution in [0.25, 0.3) is 0 Å². The molecule has 5 heteroatoms. The van der Waals surface area contributed by atoms with Gasteiger partial charge >= 0.3 is 0 Å². The van der Waals surface area contributed by atoms with Crippen LogP contribution in [0.15, 0.2) is 30.5 Å². The Bertz CT molecular complexity index is 586. The molecule has 92 valence electrons. The van der Waals surface area contributed by atoms with Crippen molar-refractivity contribution in [1.29, 1.82) is 0 Å². The van der Waals surface area contributed by atoms with Crippen molar-refractivity contribution in [3.8, 4) is 0 Å². The quantitative estimate of drug-likeness (QED) is 0.742. The molecule has 3 rings (SSSR count). The van der Waals surface area contributed by atoms with Crippen LogP contribution in [0.3, 0.4) is 0 Å². The molecule has 1 aliphatic rings. The lowest BCUT2D eigenvalue weighted by molar-refractivity contribution is 0.758. The molecule has 0 N–H and O–H groups in total. The maximum atomic E-state index is 6.17. The zero-order chi connectivity index (χ0) is 12.5. The van der Waals surface area contributed by atoms with E-state index < -0.39 is 0 Å². The molecular formula is C13H11Cl2N3. The molecule has 1 aromatic heterocycles. The highest BCUT2D eigenvalue weighted by Crippen LogP contribution is 2.35. The first-order valence-electron chi connectivity index (χ1n) is 5.79. The van der Waals surface area contributed by atoms with Crippen molar-refractivity contribution in [2.24, 2.45) is 0 Å². The molecule has 0 fully saturated rings. The molecule has 0 atom stereocenters. The standard InChI is InChI=1S/C13H11Cl2N3/c14-10-8-16-13(15)17-12(10)18-7-3-5-9-4-1-2-6-11(9)18/h1-2,4,6,8H,3,5,7H2. The summed E-state index contributed by atoms with van der Waals surface area (Å²) in [6, 6.07) is 8.30. The van der Waals surface area contributed by atoms with Crippen molar-refractivity contribution in [2.45, 2.75) is 12.8 Å². The van der Waals surface area contributed by atoms with E-state index in [0.717, 1.165) is 25.1 Å². The summed E-state index contributed by atoms with van der Waals surface area (Å²) >= 11 is 12.0. The van der Waals surface area contributed by atoms with Gasteiger partial charge in [0.1, 0.15) is 5.02 Å². The molecule has 0 unspecified atom stereocenters. The zero-order valence-corrected chi connectivity index (χ0v) is 11.1. The van der Waals surface area contributed by atoms with Crippen molar-refractivity contribution < 1.29 is 0 Å². The van der Waals surface area contributed by atoms with Gasteiger partial charge < -0.3 is 4.90 Å². The van der Waals surface area contributed by atoms with Gasteiger partial charge in [0.15, 0.2) is 5.82 Å². The second-order valence-electron chi connectivity index (χ2n) is 4.19. The number of aromatic nitrogens is 2. The van der Waals surface area contributed by atoms with Crippen LogP contribution in [0.1, 0.15) is 12.0 Å². The summed E-state index contributed by atoms with van der Waals surface area (Å²) in [5, 5.41) is 0.744. The first-order valence-corrected chi connectivity index (χ1v) is 6.55. The van der Waals surface area contributed by atoms with Gasteiger partial charge in [-0.3, -0.25) is 0 Å². The minimum Gasteiger partial charge on any atom is -0.325 e. The van der Waals surface area contributed by atoms with Crippen LogP contribution in [0.2, 0.25) is 10.3 Å². The highest BCUT2D eigenvalue weighted by molar-refractivity contribution is 6.33. The zero-order valence-electron chi connectivity index (χ0n) is 9.61. The normalized spacial score (nSPS) is 14.4. The highest BCUT2D eigenvalue weighted by Gasteiger charge is 2.21. The van der Waals surface area contributed by atoms with Gasteiger partial charge in [0.2, 0.25) is 5.28 Å². The third-order valence-corrected chi connectivity index (χ3v) is 3.51. The Morgan fingerprint density at radius 1 is 1.17 bits per heavy atom. The van der Waals surface area contributed by atoms with Crippen LogP contribution < -0.4 is 4.90 Å². The molecule has 0 aliphatic carbocycles. The van der Waals surface area contributed by atoms with E-state index in [1.54, 1.807) is 6.20 Å². The Hall–Kier alpha value is -1.32. The van der Waals surface area contributed by atoms with Gasteiger partial charge in [-0.05, 0) is 36.1 Å². The van der Waals surface area contributed by atoms with Crippen molar-refractivity contribution in [3.05, 3.63) is 46.3 Å². The largest absolute Gasteiger partial charge is 0.325 e. The molecule has 0 amide bonds. The van der Waals surface area contributed by atoms with E-state index in [9.17, 15) is 0 Å².